The summed E-state index contributed by atoms with van der Waals surface area (Å²) in [5, 5.41) is 10.1. The maximum absolute atomic E-state index is 13.9. The smallest absolute Gasteiger partial charge is 0.183 e. The van der Waals surface area contributed by atoms with Gasteiger partial charge in [-0.1, -0.05) is 12.1 Å². The molecule has 6 heteroatoms. The molecule has 0 saturated heterocycles. The Balaban J connectivity index is 2.21. The summed E-state index contributed by atoms with van der Waals surface area (Å²) in [6.45, 7) is 0. The molecule has 1 heterocycles. The van der Waals surface area contributed by atoms with Crippen LogP contribution in [0.2, 0.25) is 0 Å². The number of furan rings is 1. The van der Waals surface area contributed by atoms with Gasteiger partial charge in [-0.3, -0.25) is 0 Å². The third-order valence-electron chi connectivity index (χ3n) is 2.67. The van der Waals surface area contributed by atoms with Gasteiger partial charge in [0.25, 0.3) is 0 Å². The van der Waals surface area contributed by atoms with E-state index in [9.17, 15) is 9.50 Å². The SMILES string of the molecule is COc1cccc(CC(O)c2cc(Br)c(Br)o2)c1F. The Kier molecular flexibility index (Phi) is 4.65. The summed E-state index contributed by atoms with van der Waals surface area (Å²) >= 11 is 6.45. The molecule has 0 radical (unpaired) electrons. The first kappa shape index (κ1) is 14.6. The number of methoxy groups -OCH3 is 1. The largest absolute Gasteiger partial charge is 0.494 e. The highest BCUT2D eigenvalue weighted by Gasteiger charge is 2.18. The molecule has 0 spiro atoms. The summed E-state index contributed by atoms with van der Waals surface area (Å²) in [7, 11) is 1.40. The molecule has 102 valence electrons. The van der Waals surface area contributed by atoms with Crippen molar-refractivity contribution in [3.05, 3.63) is 50.5 Å². The van der Waals surface area contributed by atoms with Crippen molar-refractivity contribution in [1.82, 2.24) is 0 Å². The van der Waals surface area contributed by atoms with Gasteiger partial charge in [-0.2, -0.15) is 0 Å². The lowest BCUT2D eigenvalue weighted by molar-refractivity contribution is 0.147. The van der Waals surface area contributed by atoms with E-state index in [4.69, 9.17) is 9.15 Å². The van der Waals surface area contributed by atoms with E-state index in [1.165, 1.54) is 13.2 Å². The molecule has 0 aliphatic rings. The highest BCUT2D eigenvalue weighted by Crippen LogP contribution is 2.32. The van der Waals surface area contributed by atoms with E-state index in [2.05, 4.69) is 31.9 Å². The third kappa shape index (κ3) is 3.19. The van der Waals surface area contributed by atoms with Gasteiger partial charge in [0.2, 0.25) is 0 Å². The van der Waals surface area contributed by atoms with E-state index < -0.39 is 11.9 Å². The quantitative estimate of drug-likeness (QED) is 0.845. The number of halogens is 3. The molecule has 2 aromatic rings. The molecule has 0 aliphatic heterocycles. The Labute approximate surface area is 126 Å². The Morgan fingerprint density at radius 3 is 2.74 bits per heavy atom. The number of hydrogen-bond donors (Lipinski definition) is 1. The van der Waals surface area contributed by atoms with Crippen LogP contribution in [0, 0.1) is 5.82 Å². The Hall–Kier alpha value is -0.850. The summed E-state index contributed by atoms with van der Waals surface area (Å²) in [6, 6.07) is 6.46. The standard InChI is InChI=1S/C13H11Br2FO3/c1-18-10-4-2-3-7(12(10)16)5-9(17)11-6-8(14)13(15)19-11/h2-4,6,9,17H,5H2,1H3. The molecule has 1 unspecified atom stereocenters. The summed E-state index contributed by atoms with van der Waals surface area (Å²) in [6.07, 6.45) is -0.820. The van der Waals surface area contributed by atoms with Crippen molar-refractivity contribution in [2.24, 2.45) is 0 Å². The van der Waals surface area contributed by atoms with E-state index >= 15 is 0 Å². The Bertz CT molecular complexity index is 564. The van der Waals surface area contributed by atoms with Gasteiger partial charge < -0.3 is 14.3 Å². The second-order valence-electron chi connectivity index (χ2n) is 3.92. The summed E-state index contributed by atoms with van der Waals surface area (Å²) in [5.74, 6) is 0.0567. The molecule has 0 bridgehead atoms. The maximum Gasteiger partial charge on any atom is 0.183 e. The van der Waals surface area contributed by atoms with E-state index in [1.54, 1.807) is 18.2 Å². The van der Waals surface area contributed by atoms with Gasteiger partial charge in [-0.05, 0) is 49.6 Å². The molecule has 1 N–H and O–H groups in total. The molecule has 1 aromatic carbocycles. The monoisotopic (exact) mass is 392 g/mol. The average Bonchev–Trinajstić information content (AvgIpc) is 2.72. The van der Waals surface area contributed by atoms with Gasteiger partial charge in [-0.25, -0.2) is 4.39 Å². The minimum Gasteiger partial charge on any atom is -0.494 e. The van der Waals surface area contributed by atoms with E-state index in [-0.39, 0.29) is 12.2 Å². The van der Waals surface area contributed by atoms with Crippen molar-refractivity contribution < 1.29 is 18.7 Å². The van der Waals surface area contributed by atoms with Crippen molar-refractivity contribution in [3.63, 3.8) is 0 Å². The van der Waals surface area contributed by atoms with Crippen LogP contribution in [0.4, 0.5) is 4.39 Å². The van der Waals surface area contributed by atoms with E-state index in [1.807, 2.05) is 0 Å². The first-order valence-electron chi connectivity index (χ1n) is 5.47. The zero-order valence-electron chi connectivity index (χ0n) is 9.99. The fourth-order valence-corrected chi connectivity index (χ4v) is 2.32. The number of aliphatic hydroxyl groups excluding tert-OH is 1. The predicted molar refractivity (Wildman–Crippen MR) is 75.7 cm³/mol. The van der Waals surface area contributed by atoms with Gasteiger partial charge >= 0.3 is 0 Å². The lowest BCUT2D eigenvalue weighted by Gasteiger charge is -2.10. The highest BCUT2D eigenvalue weighted by atomic mass is 79.9. The molecule has 2 rings (SSSR count). The molecule has 19 heavy (non-hydrogen) atoms. The predicted octanol–water partition coefficient (Wildman–Crippen LogP) is 4.23. The van der Waals surface area contributed by atoms with Gasteiger partial charge in [0.1, 0.15) is 11.9 Å². The molecule has 0 amide bonds. The molecule has 0 aliphatic carbocycles. The molecule has 1 atom stereocenters. The van der Waals surface area contributed by atoms with Crippen LogP contribution in [0.3, 0.4) is 0 Å². The van der Waals surface area contributed by atoms with Gasteiger partial charge in [0.15, 0.2) is 16.2 Å². The van der Waals surface area contributed by atoms with Gasteiger partial charge in [0.05, 0.1) is 11.6 Å². The molecule has 0 fully saturated rings. The first-order chi connectivity index (χ1) is 9.02. The van der Waals surface area contributed by atoms with Crippen LogP contribution < -0.4 is 4.74 Å². The van der Waals surface area contributed by atoms with E-state index in [0.717, 1.165) is 0 Å². The minimum absolute atomic E-state index is 0.107. The first-order valence-corrected chi connectivity index (χ1v) is 7.05. The highest BCUT2D eigenvalue weighted by molar-refractivity contribution is 9.13. The minimum atomic E-state index is -0.927. The zero-order chi connectivity index (χ0) is 14.0. The van der Waals surface area contributed by atoms with Crippen LogP contribution in [-0.4, -0.2) is 12.2 Å². The van der Waals surface area contributed by atoms with Crippen LogP contribution in [0.5, 0.6) is 5.75 Å². The fraction of sp³-hybridized carbons (Fsp3) is 0.231. The summed E-state index contributed by atoms with van der Waals surface area (Å²) < 4.78 is 25.4. The van der Waals surface area contributed by atoms with Crippen molar-refractivity contribution in [3.8, 4) is 5.75 Å². The number of ether oxygens (including phenoxy) is 1. The van der Waals surface area contributed by atoms with Gasteiger partial charge in [-0.15, -0.1) is 0 Å². The van der Waals surface area contributed by atoms with E-state index in [0.29, 0.717) is 20.5 Å². The fourth-order valence-electron chi connectivity index (χ4n) is 1.71. The Morgan fingerprint density at radius 2 is 2.16 bits per heavy atom. The molecular formula is C13H11Br2FO3. The Morgan fingerprint density at radius 1 is 1.42 bits per heavy atom. The van der Waals surface area contributed by atoms with Crippen LogP contribution in [-0.2, 0) is 6.42 Å². The van der Waals surface area contributed by atoms with Crippen LogP contribution in [0.25, 0.3) is 0 Å². The third-order valence-corrected chi connectivity index (χ3v) is 4.38. The molecule has 1 aromatic heterocycles. The number of benzene rings is 1. The van der Waals surface area contributed by atoms with Crippen LogP contribution in [0.15, 0.2) is 37.8 Å². The van der Waals surface area contributed by atoms with Crippen molar-refractivity contribution >= 4 is 31.9 Å². The van der Waals surface area contributed by atoms with Crippen LogP contribution in [0.1, 0.15) is 17.4 Å². The van der Waals surface area contributed by atoms with Crippen molar-refractivity contribution in [2.75, 3.05) is 7.11 Å². The van der Waals surface area contributed by atoms with Crippen LogP contribution >= 0.6 is 31.9 Å². The second kappa shape index (κ2) is 6.07. The summed E-state index contributed by atoms with van der Waals surface area (Å²) in [4.78, 5) is 0. The topological polar surface area (TPSA) is 42.6 Å². The normalized spacial score (nSPS) is 12.5. The molecule has 3 nitrogen and oxygen atoms in total. The average molecular weight is 394 g/mol. The number of aliphatic hydroxyl groups is 1. The lowest BCUT2D eigenvalue weighted by Crippen LogP contribution is -2.03. The molecular weight excluding hydrogens is 383 g/mol. The van der Waals surface area contributed by atoms with Crippen molar-refractivity contribution in [1.29, 1.82) is 0 Å². The number of rotatable bonds is 4. The zero-order valence-corrected chi connectivity index (χ0v) is 13.2. The van der Waals surface area contributed by atoms with Crippen molar-refractivity contribution in [2.45, 2.75) is 12.5 Å². The molecule has 0 saturated carbocycles. The summed E-state index contributed by atoms with van der Waals surface area (Å²) in [5.41, 5.74) is 0.371. The lowest BCUT2D eigenvalue weighted by atomic mass is 10.1. The maximum atomic E-state index is 13.9. The second-order valence-corrected chi connectivity index (χ2v) is 5.50. The van der Waals surface area contributed by atoms with Gasteiger partial charge in [0, 0.05) is 6.42 Å². The number of hydrogen-bond acceptors (Lipinski definition) is 3.